The molecule has 1 atom stereocenters. The summed E-state index contributed by atoms with van der Waals surface area (Å²) in [4.78, 5) is 28.5. The summed E-state index contributed by atoms with van der Waals surface area (Å²) >= 11 is 0.999. The van der Waals surface area contributed by atoms with Gasteiger partial charge >= 0.3 is 0 Å². The van der Waals surface area contributed by atoms with E-state index in [-0.39, 0.29) is 16.9 Å². The normalized spacial score (nSPS) is 12.9. The maximum absolute atomic E-state index is 12.8. The van der Waals surface area contributed by atoms with Crippen LogP contribution in [0.2, 0.25) is 0 Å². The Bertz CT molecular complexity index is 910. The van der Waals surface area contributed by atoms with Gasteiger partial charge in [0.15, 0.2) is 5.16 Å². The monoisotopic (exact) mass is 427 g/mol. The Balaban J connectivity index is 2.31. The number of thioether (sulfide) groups is 1. The lowest BCUT2D eigenvalue weighted by atomic mass is 9.91. The molecule has 0 aliphatic rings. The highest BCUT2D eigenvalue weighted by Gasteiger charge is 2.36. The van der Waals surface area contributed by atoms with Crippen molar-refractivity contribution in [3.8, 4) is 11.8 Å². The van der Waals surface area contributed by atoms with Crippen molar-refractivity contribution in [2.75, 3.05) is 14.2 Å². The van der Waals surface area contributed by atoms with E-state index in [1.54, 1.807) is 20.8 Å². The summed E-state index contributed by atoms with van der Waals surface area (Å²) in [6.07, 6.45) is 2.55. The highest BCUT2D eigenvalue weighted by atomic mass is 32.2. The zero-order valence-corrected chi connectivity index (χ0v) is 17.7. The van der Waals surface area contributed by atoms with E-state index in [2.05, 4.69) is 19.9 Å². The van der Waals surface area contributed by atoms with Gasteiger partial charge in [0.2, 0.25) is 17.7 Å². The molecule has 0 saturated heterocycles. The summed E-state index contributed by atoms with van der Waals surface area (Å²) in [5.41, 5.74) is -0.624. The third-order valence-electron chi connectivity index (χ3n) is 3.34. The number of ether oxygens (including phenoxy) is 2. The molecule has 1 N–H and O–H groups in total. The Kier molecular flexibility index (Phi) is 6.77. The topological polar surface area (TPSA) is 133 Å². The minimum absolute atomic E-state index is 0.208. The molecule has 0 aliphatic heterocycles. The minimum Gasteiger partial charge on any atom is -0.481 e. The van der Waals surface area contributed by atoms with Crippen molar-refractivity contribution in [3.05, 3.63) is 24.5 Å². The second kappa shape index (κ2) is 8.69. The van der Waals surface area contributed by atoms with Gasteiger partial charge in [-0.2, -0.15) is 18.4 Å². The minimum atomic E-state index is -4.21. The lowest BCUT2D eigenvalue weighted by molar-refractivity contribution is -0.120. The Morgan fingerprint density at radius 1 is 1.11 bits per heavy atom. The Hall–Kier alpha value is -2.47. The van der Waals surface area contributed by atoms with E-state index in [0.717, 1.165) is 11.8 Å². The molecule has 12 heteroatoms. The maximum Gasteiger partial charge on any atom is 0.299 e. The predicted molar refractivity (Wildman–Crippen MR) is 102 cm³/mol. The Morgan fingerprint density at radius 3 is 2.11 bits per heavy atom. The van der Waals surface area contributed by atoms with Gasteiger partial charge in [0.25, 0.3) is 15.2 Å². The van der Waals surface area contributed by atoms with Crippen LogP contribution in [0.4, 0.5) is 0 Å². The summed E-state index contributed by atoms with van der Waals surface area (Å²) in [6, 6.07) is 2.97. The zero-order chi connectivity index (χ0) is 20.9. The van der Waals surface area contributed by atoms with Crippen LogP contribution in [0.1, 0.15) is 20.8 Å². The fourth-order valence-corrected chi connectivity index (χ4v) is 3.99. The SMILES string of the molecule is COc1cc(OC)nc(SC(C(=O)NS(=O)(=O)c2ncccn2)C(C)(C)C)n1. The first-order valence-electron chi connectivity index (χ1n) is 8.04. The average molecular weight is 428 g/mol. The van der Waals surface area contributed by atoms with Crippen LogP contribution in [0, 0.1) is 5.41 Å². The van der Waals surface area contributed by atoms with E-state index in [4.69, 9.17) is 9.47 Å². The van der Waals surface area contributed by atoms with Gasteiger partial charge in [0, 0.05) is 12.4 Å². The fourth-order valence-electron chi connectivity index (χ4n) is 2.03. The molecule has 1 unspecified atom stereocenters. The van der Waals surface area contributed by atoms with Crippen molar-refractivity contribution in [2.24, 2.45) is 5.41 Å². The molecule has 0 radical (unpaired) electrons. The lowest BCUT2D eigenvalue weighted by Gasteiger charge is -2.28. The van der Waals surface area contributed by atoms with Gasteiger partial charge in [-0.25, -0.2) is 14.7 Å². The molecule has 2 aromatic heterocycles. The van der Waals surface area contributed by atoms with Gasteiger partial charge in [0.05, 0.1) is 25.5 Å². The molecule has 2 rings (SSSR count). The second-order valence-corrected chi connectivity index (χ2v) is 9.25. The Labute approximate surface area is 167 Å². The number of nitrogens with one attached hydrogen (secondary N) is 1. The summed E-state index contributed by atoms with van der Waals surface area (Å²) in [7, 11) is -1.33. The molecule has 10 nitrogen and oxygen atoms in total. The number of aromatic nitrogens is 4. The lowest BCUT2D eigenvalue weighted by Crippen LogP contribution is -2.43. The molecule has 0 fully saturated rings. The van der Waals surface area contributed by atoms with Crippen LogP contribution in [0.15, 0.2) is 34.8 Å². The molecule has 28 heavy (non-hydrogen) atoms. The highest BCUT2D eigenvalue weighted by molar-refractivity contribution is 8.00. The Morgan fingerprint density at radius 2 is 1.64 bits per heavy atom. The van der Waals surface area contributed by atoms with Crippen molar-refractivity contribution in [1.29, 1.82) is 0 Å². The molecule has 0 bridgehead atoms. The third-order valence-corrected chi connectivity index (χ3v) is 6.05. The van der Waals surface area contributed by atoms with Crippen LogP contribution in [0.5, 0.6) is 11.8 Å². The molecule has 0 aromatic carbocycles. The molecular formula is C16H21N5O5S2. The average Bonchev–Trinajstić information content (AvgIpc) is 2.65. The van der Waals surface area contributed by atoms with E-state index in [9.17, 15) is 13.2 Å². The van der Waals surface area contributed by atoms with E-state index >= 15 is 0 Å². The zero-order valence-electron chi connectivity index (χ0n) is 16.0. The maximum atomic E-state index is 12.8. The van der Waals surface area contributed by atoms with Crippen LogP contribution in [-0.2, 0) is 14.8 Å². The van der Waals surface area contributed by atoms with E-state index in [1.165, 1.54) is 38.7 Å². The summed E-state index contributed by atoms with van der Waals surface area (Å²) in [6.45, 7) is 5.40. The van der Waals surface area contributed by atoms with Gasteiger partial charge < -0.3 is 9.47 Å². The van der Waals surface area contributed by atoms with Gasteiger partial charge in [-0.1, -0.05) is 32.5 Å². The summed E-state index contributed by atoms with van der Waals surface area (Å²) in [5, 5.41) is -1.12. The molecule has 2 heterocycles. The van der Waals surface area contributed by atoms with E-state index in [0.29, 0.717) is 0 Å². The van der Waals surface area contributed by atoms with Crippen LogP contribution in [0.25, 0.3) is 0 Å². The van der Waals surface area contributed by atoms with Gasteiger partial charge in [0.1, 0.15) is 0 Å². The molecule has 0 aliphatic carbocycles. The largest absolute Gasteiger partial charge is 0.481 e. The van der Waals surface area contributed by atoms with Crippen molar-refractivity contribution < 1.29 is 22.7 Å². The third kappa shape index (κ3) is 5.52. The fraction of sp³-hybridized carbons (Fsp3) is 0.438. The van der Waals surface area contributed by atoms with Crippen molar-refractivity contribution in [3.63, 3.8) is 0 Å². The highest BCUT2D eigenvalue weighted by Crippen LogP contribution is 2.35. The number of carbonyl (C=O) groups excluding carboxylic acids is 1. The number of nitrogens with zero attached hydrogens (tertiary/aromatic N) is 4. The predicted octanol–water partition coefficient (Wildman–Crippen LogP) is 1.30. The van der Waals surface area contributed by atoms with Crippen LogP contribution in [0.3, 0.4) is 0 Å². The quantitative estimate of drug-likeness (QED) is 0.509. The molecule has 0 spiro atoms. The van der Waals surface area contributed by atoms with E-state index in [1.807, 2.05) is 4.72 Å². The first kappa shape index (κ1) is 21.8. The summed E-state index contributed by atoms with van der Waals surface area (Å²) in [5.74, 6) is -0.226. The first-order valence-corrected chi connectivity index (χ1v) is 10.4. The smallest absolute Gasteiger partial charge is 0.299 e. The molecular weight excluding hydrogens is 406 g/mol. The molecule has 0 saturated carbocycles. The van der Waals surface area contributed by atoms with E-state index < -0.39 is 31.8 Å². The van der Waals surface area contributed by atoms with Crippen LogP contribution >= 0.6 is 11.8 Å². The second-order valence-electron chi connectivity index (χ2n) is 6.60. The number of sulfonamides is 1. The van der Waals surface area contributed by atoms with Gasteiger partial charge in [-0.05, 0) is 11.5 Å². The van der Waals surface area contributed by atoms with Crippen LogP contribution < -0.4 is 14.2 Å². The number of carbonyl (C=O) groups is 1. The number of rotatable bonds is 7. The standard InChI is InChI=1S/C16H21N5O5S2/c1-16(2,3)12(27-14-19-10(25-4)9-11(20-14)26-5)13(22)21-28(23,24)15-17-7-6-8-18-15/h6-9,12H,1-5H3,(H,21,22). The van der Waals surface area contributed by atoms with Gasteiger partial charge in [-0.3, -0.25) is 4.79 Å². The number of methoxy groups -OCH3 is 2. The molecule has 152 valence electrons. The van der Waals surface area contributed by atoms with Crippen molar-refractivity contribution >= 4 is 27.7 Å². The number of amides is 1. The molecule has 1 amide bonds. The number of hydrogen-bond acceptors (Lipinski definition) is 10. The first-order chi connectivity index (χ1) is 13.1. The van der Waals surface area contributed by atoms with Gasteiger partial charge in [-0.15, -0.1) is 0 Å². The van der Waals surface area contributed by atoms with Crippen molar-refractivity contribution in [1.82, 2.24) is 24.7 Å². The summed E-state index contributed by atoms with van der Waals surface area (Å²) < 4.78 is 37.0. The molecule has 2 aromatic rings. The van der Waals surface area contributed by atoms with Crippen LogP contribution in [-0.4, -0.2) is 53.7 Å². The van der Waals surface area contributed by atoms with Crippen molar-refractivity contribution in [2.45, 2.75) is 36.3 Å². The number of hydrogen-bond donors (Lipinski definition) is 1.